The van der Waals surface area contributed by atoms with Crippen molar-refractivity contribution in [1.29, 1.82) is 0 Å². The zero-order valence-corrected chi connectivity index (χ0v) is 20.9. The lowest BCUT2D eigenvalue weighted by Gasteiger charge is -2.33. The van der Waals surface area contributed by atoms with Crippen LogP contribution in [0.2, 0.25) is 0 Å². The quantitative estimate of drug-likeness (QED) is 0.550. The SMILES string of the molecule is CCc1ccc(NC(=O)[C@@H]2CCCN(c3ccc4cc(S(=O)(=O)N5CCCC5)ccc4n3)C2)cc1. The maximum atomic E-state index is 12.9. The summed E-state index contributed by atoms with van der Waals surface area (Å²) in [6, 6.07) is 17.0. The minimum atomic E-state index is -3.46. The fourth-order valence-electron chi connectivity index (χ4n) is 4.97. The van der Waals surface area contributed by atoms with E-state index >= 15 is 0 Å². The van der Waals surface area contributed by atoms with Gasteiger partial charge >= 0.3 is 0 Å². The van der Waals surface area contributed by atoms with Crippen LogP contribution in [0.15, 0.2) is 59.5 Å². The van der Waals surface area contributed by atoms with Gasteiger partial charge in [-0.05, 0) is 80.1 Å². The minimum Gasteiger partial charge on any atom is -0.356 e. The lowest BCUT2D eigenvalue weighted by atomic mass is 9.97. The highest BCUT2D eigenvalue weighted by Gasteiger charge is 2.28. The van der Waals surface area contributed by atoms with Crippen LogP contribution in [0.5, 0.6) is 0 Å². The molecule has 2 aliphatic heterocycles. The first-order valence-electron chi connectivity index (χ1n) is 12.5. The van der Waals surface area contributed by atoms with E-state index < -0.39 is 10.0 Å². The third kappa shape index (κ3) is 5.04. The van der Waals surface area contributed by atoms with E-state index in [2.05, 4.69) is 17.1 Å². The molecular weight excluding hydrogens is 460 g/mol. The summed E-state index contributed by atoms with van der Waals surface area (Å²) in [6.45, 7) is 4.74. The molecule has 1 amide bonds. The van der Waals surface area contributed by atoms with Gasteiger partial charge in [0.2, 0.25) is 15.9 Å². The molecule has 7 nitrogen and oxygen atoms in total. The molecule has 0 saturated carbocycles. The Hall–Kier alpha value is -2.97. The zero-order valence-electron chi connectivity index (χ0n) is 20.1. The van der Waals surface area contributed by atoms with E-state index in [1.807, 2.05) is 36.4 Å². The van der Waals surface area contributed by atoms with Crippen LogP contribution in [-0.4, -0.2) is 49.8 Å². The maximum Gasteiger partial charge on any atom is 0.243 e. The van der Waals surface area contributed by atoms with Gasteiger partial charge in [-0.3, -0.25) is 4.79 Å². The predicted octanol–water partition coefficient (Wildman–Crippen LogP) is 4.44. The number of piperidine rings is 1. The van der Waals surface area contributed by atoms with E-state index in [-0.39, 0.29) is 11.8 Å². The number of benzene rings is 2. The van der Waals surface area contributed by atoms with E-state index in [9.17, 15) is 13.2 Å². The molecule has 8 heteroatoms. The molecule has 2 aromatic carbocycles. The molecule has 0 bridgehead atoms. The van der Waals surface area contributed by atoms with Crippen molar-refractivity contribution in [3.63, 3.8) is 0 Å². The van der Waals surface area contributed by atoms with Crippen LogP contribution in [0.4, 0.5) is 11.5 Å². The van der Waals surface area contributed by atoms with Crippen molar-refractivity contribution >= 4 is 38.3 Å². The molecule has 5 rings (SSSR count). The number of sulfonamides is 1. The van der Waals surface area contributed by atoms with Crippen molar-refractivity contribution in [2.24, 2.45) is 5.92 Å². The van der Waals surface area contributed by atoms with Gasteiger partial charge in [-0.2, -0.15) is 4.31 Å². The Balaban J connectivity index is 1.29. The molecule has 2 fully saturated rings. The summed E-state index contributed by atoms with van der Waals surface area (Å²) in [6.07, 6.45) is 4.57. The van der Waals surface area contributed by atoms with Gasteiger partial charge in [0.1, 0.15) is 5.82 Å². The van der Waals surface area contributed by atoms with Crippen molar-refractivity contribution in [3.05, 3.63) is 60.2 Å². The lowest BCUT2D eigenvalue weighted by molar-refractivity contribution is -0.120. The molecule has 2 saturated heterocycles. The van der Waals surface area contributed by atoms with Gasteiger partial charge in [-0.25, -0.2) is 13.4 Å². The smallest absolute Gasteiger partial charge is 0.243 e. The maximum absolute atomic E-state index is 12.9. The molecule has 0 unspecified atom stereocenters. The number of aromatic nitrogens is 1. The van der Waals surface area contributed by atoms with Crippen LogP contribution in [-0.2, 0) is 21.2 Å². The highest BCUT2D eigenvalue weighted by Crippen LogP contribution is 2.28. The number of amides is 1. The second-order valence-corrected chi connectivity index (χ2v) is 11.4. The third-order valence-corrected chi connectivity index (χ3v) is 8.99. The fourth-order valence-corrected chi connectivity index (χ4v) is 6.53. The van der Waals surface area contributed by atoms with Crippen molar-refractivity contribution in [2.75, 3.05) is 36.4 Å². The predicted molar refractivity (Wildman–Crippen MR) is 139 cm³/mol. The Morgan fingerprint density at radius 1 is 1.00 bits per heavy atom. The second kappa shape index (κ2) is 9.95. The van der Waals surface area contributed by atoms with Gasteiger partial charge in [-0.1, -0.05) is 19.1 Å². The normalized spacial score (nSPS) is 19.2. The molecular formula is C27H32N4O3S. The number of carbonyl (C=O) groups excluding carboxylic acids is 1. The number of nitrogens with one attached hydrogen (secondary N) is 1. The molecule has 2 aliphatic rings. The molecule has 1 atom stereocenters. The summed E-state index contributed by atoms with van der Waals surface area (Å²) in [5.74, 6) is 0.744. The van der Waals surface area contributed by atoms with Crippen LogP contribution < -0.4 is 10.2 Å². The molecule has 1 N–H and O–H groups in total. The Bertz CT molecular complexity index is 1320. The van der Waals surface area contributed by atoms with Crippen LogP contribution in [0.1, 0.15) is 38.2 Å². The van der Waals surface area contributed by atoms with Crippen molar-refractivity contribution < 1.29 is 13.2 Å². The molecule has 0 aliphatic carbocycles. The van der Waals surface area contributed by atoms with Gasteiger partial charge in [0.15, 0.2) is 0 Å². The van der Waals surface area contributed by atoms with Crippen molar-refractivity contribution in [2.45, 2.75) is 43.9 Å². The van der Waals surface area contributed by atoms with Crippen molar-refractivity contribution in [3.8, 4) is 0 Å². The van der Waals surface area contributed by atoms with Gasteiger partial charge in [-0.15, -0.1) is 0 Å². The first-order chi connectivity index (χ1) is 16.9. The summed E-state index contributed by atoms with van der Waals surface area (Å²) in [7, 11) is -3.46. The van der Waals surface area contributed by atoms with E-state index in [1.54, 1.807) is 22.5 Å². The standard InChI is InChI=1S/C27H32N4O3S/c1-2-20-7-10-23(11-8-20)28-27(32)22-6-5-15-30(19-22)26-14-9-21-18-24(12-13-25(21)29-26)35(33,34)31-16-3-4-17-31/h7-14,18,22H,2-6,15-17,19H2,1H3,(H,28,32)/t22-/m1/s1. The fraction of sp³-hybridized carbons (Fsp3) is 0.407. The summed E-state index contributed by atoms with van der Waals surface area (Å²) in [4.78, 5) is 20.2. The summed E-state index contributed by atoms with van der Waals surface area (Å²) < 4.78 is 27.4. The first kappa shape index (κ1) is 23.8. The van der Waals surface area contributed by atoms with E-state index in [0.717, 1.165) is 61.1 Å². The summed E-state index contributed by atoms with van der Waals surface area (Å²) >= 11 is 0. The number of hydrogen-bond acceptors (Lipinski definition) is 5. The Kier molecular flexibility index (Phi) is 6.75. The summed E-state index contributed by atoms with van der Waals surface area (Å²) in [5.41, 5.74) is 2.83. The highest BCUT2D eigenvalue weighted by atomic mass is 32.2. The first-order valence-corrected chi connectivity index (χ1v) is 13.9. The average Bonchev–Trinajstić information content (AvgIpc) is 3.45. The van der Waals surface area contributed by atoms with E-state index in [0.29, 0.717) is 24.5 Å². The molecule has 3 heterocycles. The minimum absolute atomic E-state index is 0.0384. The van der Waals surface area contributed by atoms with Crippen LogP contribution in [0.25, 0.3) is 10.9 Å². The number of hydrogen-bond donors (Lipinski definition) is 1. The van der Waals surface area contributed by atoms with Crippen LogP contribution in [0, 0.1) is 5.92 Å². The van der Waals surface area contributed by atoms with E-state index in [1.165, 1.54) is 5.56 Å². The number of aryl methyl sites for hydroxylation is 1. The van der Waals surface area contributed by atoms with Gasteiger partial charge in [0.25, 0.3) is 0 Å². The van der Waals surface area contributed by atoms with Crippen LogP contribution in [0.3, 0.4) is 0 Å². The third-order valence-electron chi connectivity index (χ3n) is 7.09. The van der Waals surface area contributed by atoms with Crippen molar-refractivity contribution in [1.82, 2.24) is 9.29 Å². The van der Waals surface area contributed by atoms with Gasteiger partial charge in [0, 0.05) is 37.3 Å². The summed E-state index contributed by atoms with van der Waals surface area (Å²) in [5, 5.41) is 3.86. The van der Waals surface area contributed by atoms with Crippen LogP contribution >= 0.6 is 0 Å². The Morgan fingerprint density at radius 2 is 1.77 bits per heavy atom. The van der Waals surface area contributed by atoms with E-state index in [4.69, 9.17) is 4.98 Å². The molecule has 35 heavy (non-hydrogen) atoms. The second-order valence-electron chi connectivity index (χ2n) is 9.46. The molecule has 0 radical (unpaired) electrons. The number of pyridine rings is 1. The number of carbonyl (C=O) groups is 1. The molecule has 184 valence electrons. The molecule has 0 spiro atoms. The Morgan fingerprint density at radius 3 is 2.51 bits per heavy atom. The number of anilines is 2. The highest BCUT2D eigenvalue weighted by molar-refractivity contribution is 7.89. The number of rotatable bonds is 6. The molecule has 1 aromatic heterocycles. The molecule has 3 aromatic rings. The monoisotopic (exact) mass is 492 g/mol. The number of fused-ring (bicyclic) bond motifs is 1. The Labute approximate surface area is 207 Å². The average molecular weight is 493 g/mol. The van der Waals surface area contributed by atoms with Gasteiger partial charge in [0.05, 0.1) is 16.3 Å². The lowest BCUT2D eigenvalue weighted by Crippen LogP contribution is -2.41. The zero-order chi connectivity index (χ0) is 24.4. The largest absolute Gasteiger partial charge is 0.356 e. The number of nitrogens with zero attached hydrogens (tertiary/aromatic N) is 3. The topological polar surface area (TPSA) is 82.6 Å². The van der Waals surface area contributed by atoms with Gasteiger partial charge < -0.3 is 10.2 Å².